The highest BCUT2D eigenvalue weighted by Gasteiger charge is 2.16. The van der Waals surface area contributed by atoms with Crippen molar-refractivity contribution in [3.8, 4) is 0 Å². The van der Waals surface area contributed by atoms with Crippen molar-refractivity contribution in [3.05, 3.63) is 59.1 Å². The van der Waals surface area contributed by atoms with Crippen molar-refractivity contribution in [2.45, 2.75) is 17.7 Å². The Morgan fingerprint density at radius 3 is 2.39 bits per heavy atom. The first-order valence-electron chi connectivity index (χ1n) is 9.88. The summed E-state index contributed by atoms with van der Waals surface area (Å²) in [6.07, 6.45) is 2.17. The molecule has 2 aromatic carbocycles. The Kier molecular flexibility index (Phi) is 8.70. The molecule has 0 aliphatic carbocycles. The Hall–Kier alpha value is -1.50. The molecule has 0 radical (unpaired) electrons. The number of unbranched alkanes of at least 4 members (excludes halogenated alkanes) is 1. The molecular formula is C22H28BrN3OS. The maximum Gasteiger partial charge on any atom is 0.230 e. The summed E-state index contributed by atoms with van der Waals surface area (Å²) in [6.45, 7) is 6.30. The summed E-state index contributed by atoms with van der Waals surface area (Å²) in [4.78, 5) is 18.1. The van der Waals surface area contributed by atoms with E-state index in [9.17, 15) is 4.79 Å². The van der Waals surface area contributed by atoms with Crippen LogP contribution in [0.1, 0.15) is 12.8 Å². The lowest BCUT2D eigenvalue weighted by atomic mass is 10.2. The van der Waals surface area contributed by atoms with Crippen molar-refractivity contribution in [2.75, 3.05) is 49.9 Å². The molecule has 0 unspecified atom stereocenters. The van der Waals surface area contributed by atoms with E-state index in [1.165, 1.54) is 5.69 Å². The third-order valence-electron chi connectivity index (χ3n) is 4.90. The molecule has 2 aromatic rings. The van der Waals surface area contributed by atoms with Crippen LogP contribution in [0.2, 0.25) is 0 Å². The predicted octanol–water partition coefficient (Wildman–Crippen LogP) is 4.26. The highest BCUT2D eigenvalue weighted by molar-refractivity contribution is 9.10. The molecule has 6 heteroatoms. The Bertz CT molecular complexity index is 718. The number of carbonyl (C=O) groups excluding carboxylic acids is 1. The fourth-order valence-corrected chi connectivity index (χ4v) is 4.28. The van der Waals surface area contributed by atoms with Gasteiger partial charge in [-0.15, -0.1) is 11.8 Å². The molecule has 1 aliphatic rings. The van der Waals surface area contributed by atoms with Gasteiger partial charge in [-0.05, 0) is 55.8 Å². The summed E-state index contributed by atoms with van der Waals surface area (Å²) in [5.41, 5.74) is 1.32. The summed E-state index contributed by atoms with van der Waals surface area (Å²) >= 11 is 5.00. The van der Waals surface area contributed by atoms with Gasteiger partial charge in [0.15, 0.2) is 0 Å². The number of hydrogen-bond acceptors (Lipinski definition) is 4. The predicted molar refractivity (Wildman–Crippen MR) is 122 cm³/mol. The first kappa shape index (κ1) is 21.2. The Morgan fingerprint density at radius 1 is 0.964 bits per heavy atom. The van der Waals surface area contributed by atoms with Gasteiger partial charge in [-0.2, -0.15) is 0 Å². The van der Waals surface area contributed by atoms with Gasteiger partial charge in [0.25, 0.3) is 0 Å². The zero-order valence-corrected chi connectivity index (χ0v) is 18.6. The van der Waals surface area contributed by atoms with Crippen molar-refractivity contribution in [1.82, 2.24) is 10.2 Å². The molecule has 1 saturated heterocycles. The average molecular weight is 462 g/mol. The minimum Gasteiger partial charge on any atom is -0.369 e. The molecule has 4 nitrogen and oxygen atoms in total. The van der Waals surface area contributed by atoms with Crippen molar-refractivity contribution < 1.29 is 4.79 Å². The van der Waals surface area contributed by atoms with E-state index >= 15 is 0 Å². The zero-order valence-electron chi connectivity index (χ0n) is 16.1. The number of halogens is 1. The van der Waals surface area contributed by atoms with Crippen LogP contribution in [0.25, 0.3) is 0 Å². The van der Waals surface area contributed by atoms with E-state index in [1.807, 2.05) is 24.3 Å². The molecule has 0 bridgehead atoms. The van der Waals surface area contributed by atoms with Gasteiger partial charge >= 0.3 is 0 Å². The van der Waals surface area contributed by atoms with Crippen LogP contribution in [0.15, 0.2) is 64.0 Å². The number of nitrogens with one attached hydrogen (secondary N) is 1. The minimum absolute atomic E-state index is 0.115. The quantitative estimate of drug-likeness (QED) is 0.446. The molecule has 3 rings (SSSR count). The summed E-state index contributed by atoms with van der Waals surface area (Å²) in [5, 5.41) is 3.03. The normalized spacial score (nSPS) is 14.8. The van der Waals surface area contributed by atoms with Gasteiger partial charge in [0, 0.05) is 47.8 Å². The number of benzene rings is 2. The number of piperazine rings is 1. The Labute approximate surface area is 180 Å². The lowest BCUT2D eigenvalue weighted by Crippen LogP contribution is -2.46. The van der Waals surface area contributed by atoms with Gasteiger partial charge in [0.1, 0.15) is 0 Å². The van der Waals surface area contributed by atoms with Crippen LogP contribution in [0.4, 0.5) is 5.69 Å². The van der Waals surface area contributed by atoms with E-state index in [-0.39, 0.29) is 5.91 Å². The molecular weight excluding hydrogens is 434 g/mol. The van der Waals surface area contributed by atoms with E-state index in [0.717, 1.165) is 61.5 Å². The van der Waals surface area contributed by atoms with Gasteiger partial charge < -0.3 is 10.2 Å². The minimum atomic E-state index is 0.115. The highest BCUT2D eigenvalue weighted by atomic mass is 79.9. The molecule has 0 aromatic heterocycles. The lowest BCUT2D eigenvalue weighted by molar-refractivity contribution is -0.118. The van der Waals surface area contributed by atoms with Gasteiger partial charge in [-0.25, -0.2) is 0 Å². The third kappa shape index (κ3) is 7.15. The number of anilines is 1. The van der Waals surface area contributed by atoms with Crippen molar-refractivity contribution >= 4 is 39.3 Å². The number of amides is 1. The molecule has 1 fully saturated rings. The molecule has 0 saturated carbocycles. The number of carbonyl (C=O) groups is 1. The van der Waals surface area contributed by atoms with Gasteiger partial charge in [-0.1, -0.05) is 34.1 Å². The first-order valence-corrected chi connectivity index (χ1v) is 11.7. The maximum absolute atomic E-state index is 12.0. The van der Waals surface area contributed by atoms with Crippen LogP contribution < -0.4 is 10.2 Å². The lowest BCUT2D eigenvalue weighted by Gasteiger charge is -2.36. The molecule has 0 spiro atoms. The maximum atomic E-state index is 12.0. The number of hydrogen-bond donors (Lipinski definition) is 1. The Morgan fingerprint density at radius 2 is 1.68 bits per heavy atom. The van der Waals surface area contributed by atoms with Gasteiger partial charge in [0.05, 0.1) is 5.75 Å². The number of rotatable bonds is 9. The third-order valence-corrected chi connectivity index (χ3v) is 6.44. The van der Waals surface area contributed by atoms with E-state index < -0.39 is 0 Å². The summed E-state index contributed by atoms with van der Waals surface area (Å²) in [7, 11) is 0. The number of para-hydroxylation sites is 1. The van der Waals surface area contributed by atoms with Crippen LogP contribution in [0.5, 0.6) is 0 Å². The number of thioether (sulfide) groups is 1. The van der Waals surface area contributed by atoms with E-state index in [2.05, 4.69) is 61.4 Å². The zero-order chi connectivity index (χ0) is 19.6. The van der Waals surface area contributed by atoms with Crippen LogP contribution >= 0.6 is 27.7 Å². The number of nitrogens with zero attached hydrogens (tertiary/aromatic N) is 2. The van der Waals surface area contributed by atoms with Crippen LogP contribution in [-0.2, 0) is 4.79 Å². The molecule has 1 aliphatic heterocycles. The summed E-state index contributed by atoms with van der Waals surface area (Å²) < 4.78 is 1.06. The Balaban J connectivity index is 1.22. The van der Waals surface area contributed by atoms with Crippen LogP contribution in [0.3, 0.4) is 0 Å². The molecule has 1 N–H and O–H groups in total. The average Bonchev–Trinajstić information content (AvgIpc) is 2.74. The smallest absolute Gasteiger partial charge is 0.230 e. The second-order valence-corrected chi connectivity index (χ2v) is 8.93. The highest BCUT2D eigenvalue weighted by Crippen LogP contribution is 2.20. The molecule has 0 atom stereocenters. The SMILES string of the molecule is O=C(CSc1ccc(Br)cc1)NCCCCN1CCN(c2ccccc2)CC1. The van der Waals surface area contributed by atoms with E-state index in [0.29, 0.717) is 5.75 Å². The fourth-order valence-electron chi connectivity index (χ4n) is 3.29. The second-order valence-electron chi connectivity index (χ2n) is 6.96. The van der Waals surface area contributed by atoms with Crippen molar-refractivity contribution in [1.29, 1.82) is 0 Å². The fraction of sp³-hybridized carbons (Fsp3) is 0.409. The topological polar surface area (TPSA) is 35.6 Å². The molecule has 28 heavy (non-hydrogen) atoms. The van der Waals surface area contributed by atoms with Crippen LogP contribution in [-0.4, -0.2) is 55.8 Å². The molecule has 150 valence electrons. The monoisotopic (exact) mass is 461 g/mol. The van der Waals surface area contributed by atoms with E-state index in [1.54, 1.807) is 11.8 Å². The van der Waals surface area contributed by atoms with Gasteiger partial charge in [0.2, 0.25) is 5.91 Å². The van der Waals surface area contributed by atoms with Crippen molar-refractivity contribution in [3.63, 3.8) is 0 Å². The van der Waals surface area contributed by atoms with Crippen LogP contribution in [0, 0.1) is 0 Å². The van der Waals surface area contributed by atoms with Crippen molar-refractivity contribution in [2.24, 2.45) is 0 Å². The first-order chi connectivity index (χ1) is 13.7. The standard InChI is InChI=1S/C22H28BrN3OS/c23-19-8-10-21(11-9-19)28-18-22(27)24-12-4-5-13-25-14-16-26(17-15-25)20-6-2-1-3-7-20/h1-3,6-11H,4-5,12-18H2,(H,24,27). The molecule has 1 heterocycles. The van der Waals surface area contributed by atoms with Gasteiger partial charge in [-0.3, -0.25) is 9.69 Å². The largest absolute Gasteiger partial charge is 0.369 e. The second kappa shape index (κ2) is 11.5. The summed E-state index contributed by atoms with van der Waals surface area (Å²) in [5.74, 6) is 0.590. The summed E-state index contributed by atoms with van der Waals surface area (Å²) in [6, 6.07) is 18.7. The molecule has 1 amide bonds. The van der Waals surface area contributed by atoms with E-state index in [4.69, 9.17) is 0 Å².